The Morgan fingerprint density at radius 2 is 1.95 bits per heavy atom. The number of carbonyl (C=O) groups is 1. The van der Waals surface area contributed by atoms with Crippen LogP contribution in [0.25, 0.3) is 0 Å². The molecule has 1 atom stereocenters. The van der Waals surface area contributed by atoms with Gasteiger partial charge in [-0.1, -0.05) is 38.1 Å². The number of nitrogens with zero attached hydrogens (tertiary/aromatic N) is 3. The molecule has 0 aliphatic rings. The van der Waals surface area contributed by atoms with Crippen molar-refractivity contribution in [1.29, 1.82) is 0 Å². The molecule has 0 aliphatic heterocycles. The monoisotopic (exact) mass is 301 g/mol. The van der Waals surface area contributed by atoms with E-state index in [2.05, 4.69) is 29.2 Å². The number of benzene rings is 1. The van der Waals surface area contributed by atoms with Crippen LogP contribution in [0.4, 0.5) is 0 Å². The number of carbonyl (C=O) groups excluding carboxylic acids is 1. The highest BCUT2D eigenvalue weighted by Crippen LogP contribution is 2.07. The molecule has 3 N–H and O–H groups in total. The SMILES string of the molecule is CC(C)C[C@H](N)C(=O)NCc1ccc(Cn2cncn2)cc1. The standard InChI is InChI=1S/C16H23N5O/c1-12(2)7-15(17)16(22)19-8-13-3-5-14(6-4-13)9-21-11-18-10-20-21/h3-6,10-12,15H,7-9,17H2,1-2H3,(H,19,22)/t15-/m0/s1. The molecular formula is C16H23N5O. The Morgan fingerprint density at radius 1 is 1.27 bits per heavy atom. The fraction of sp³-hybridized carbons (Fsp3) is 0.438. The van der Waals surface area contributed by atoms with Crippen LogP contribution in [-0.2, 0) is 17.9 Å². The summed E-state index contributed by atoms with van der Waals surface area (Å²) in [6.07, 6.45) is 3.90. The Hall–Kier alpha value is -2.21. The summed E-state index contributed by atoms with van der Waals surface area (Å²) in [5, 5.41) is 6.95. The molecular weight excluding hydrogens is 278 g/mol. The summed E-state index contributed by atoms with van der Waals surface area (Å²) >= 11 is 0. The van der Waals surface area contributed by atoms with E-state index in [0.29, 0.717) is 25.4 Å². The first-order valence-corrected chi connectivity index (χ1v) is 7.48. The Bertz CT molecular complexity index is 577. The van der Waals surface area contributed by atoms with Crippen LogP contribution >= 0.6 is 0 Å². The molecule has 22 heavy (non-hydrogen) atoms. The highest BCUT2D eigenvalue weighted by Gasteiger charge is 2.14. The summed E-state index contributed by atoms with van der Waals surface area (Å²) in [6, 6.07) is 7.61. The van der Waals surface area contributed by atoms with Crippen LogP contribution in [0, 0.1) is 5.92 Å². The van der Waals surface area contributed by atoms with Crippen molar-refractivity contribution in [3.63, 3.8) is 0 Å². The lowest BCUT2D eigenvalue weighted by Gasteiger charge is -2.14. The number of aromatic nitrogens is 3. The van der Waals surface area contributed by atoms with Gasteiger partial charge in [-0.15, -0.1) is 0 Å². The molecule has 0 fully saturated rings. The number of hydrogen-bond donors (Lipinski definition) is 2. The van der Waals surface area contributed by atoms with Gasteiger partial charge in [0.15, 0.2) is 0 Å². The van der Waals surface area contributed by atoms with Crippen LogP contribution < -0.4 is 11.1 Å². The summed E-state index contributed by atoms with van der Waals surface area (Å²) < 4.78 is 1.77. The maximum Gasteiger partial charge on any atom is 0.237 e. The average Bonchev–Trinajstić information content (AvgIpc) is 2.98. The van der Waals surface area contributed by atoms with E-state index in [1.807, 2.05) is 24.3 Å². The van der Waals surface area contributed by atoms with Gasteiger partial charge >= 0.3 is 0 Å². The molecule has 0 aliphatic carbocycles. The third-order valence-corrected chi connectivity index (χ3v) is 3.36. The summed E-state index contributed by atoms with van der Waals surface area (Å²) in [4.78, 5) is 15.8. The zero-order valence-corrected chi connectivity index (χ0v) is 13.1. The average molecular weight is 301 g/mol. The lowest BCUT2D eigenvalue weighted by molar-refractivity contribution is -0.122. The first-order valence-electron chi connectivity index (χ1n) is 7.48. The van der Waals surface area contributed by atoms with Gasteiger partial charge in [0.2, 0.25) is 5.91 Å². The number of nitrogens with two attached hydrogens (primary N) is 1. The van der Waals surface area contributed by atoms with Gasteiger partial charge < -0.3 is 11.1 Å². The lowest BCUT2D eigenvalue weighted by atomic mass is 10.0. The van der Waals surface area contributed by atoms with Gasteiger partial charge in [0.25, 0.3) is 0 Å². The van der Waals surface area contributed by atoms with E-state index < -0.39 is 6.04 Å². The first-order chi connectivity index (χ1) is 10.5. The van der Waals surface area contributed by atoms with Crippen LogP contribution in [0.3, 0.4) is 0 Å². The van der Waals surface area contributed by atoms with Crippen molar-refractivity contribution in [2.75, 3.05) is 0 Å². The van der Waals surface area contributed by atoms with Crippen LogP contribution in [0.5, 0.6) is 0 Å². The highest BCUT2D eigenvalue weighted by molar-refractivity contribution is 5.81. The number of hydrogen-bond acceptors (Lipinski definition) is 4. The third-order valence-electron chi connectivity index (χ3n) is 3.36. The molecule has 0 bridgehead atoms. The van der Waals surface area contributed by atoms with Gasteiger partial charge in [0.1, 0.15) is 12.7 Å². The molecule has 2 rings (SSSR count). The minimum atomic E-state index is -0.438. The van der Waals surface area contributed by atoms with Crippen molar-refractivity contribution in [2.24, 2.45) is 11.7 Å². The van der Waals surface area contributed by atoms with E-state index in [0.717, 1.165) is 11.1 Å². The Kier molecular flexibility index (Phi) is 5.66. The largest absolute Gasteiger partial charge is 0.351 e. The second kappa shape index (κ2) is 7.70. The van der Waals surface area contributed by atoms with Gasteiger partial charge in [-0.05, 0) is 23.5 Å². The number of amides is 1. The molecule has 6 nitrogen and oxygen atoms in total. The molecule has 1 heterocycles. The zero-order valence-electron chi connectivity index (χ0n) is 13.1. The van der Waals surface area contributed by atoms with Crippen molar-refractivity contribution in [1.82, 2.24) is 20.1 Å². The molecule has 118 valence electrons. The predicted molar refractivity (Wildman–Crippen MR) is 84.8 cm³/mol. The topological polar surface area (TPSA) is 85.8 Å². The normalized spacial score (nSPS) is 12.4. The smallest absolute Gasteiger partial charge is 0.237 e. The van der Waals surface area contributed by atoms with Crippen LogP contribution in [0.1, 0.15) is 31.4 Å². The Balaban J connectivity index is 1.82. The molecule has 6 heteroatoms. The van der Waals surface area contributed by atoms with Crippen molar-refractivity contribution in [3.05, 3.63) is 48.0 Å². The Labute approximate surface area is 130 Å². The van der Waals surface area contributed by atoms with Gasteiger partial charge in [-0.3, -0.25) is 4.79 Å². The summed E-state index contributed by atoms with van der Waals surface area (Å²) in [7, 11) is 0. The fourth-order valence-electron chi connectivity index (χ4n) is 2.20. The predicted octanol–water partition coefficient (Wildman–Crippen LogP) is 1.32. The molecule has 0 unspecified atom stereocenters. The maximum absolute atomic E-state index is 11.9. The number of rotatable bonds is 7. The minimum absolute atomic E-state index is 0.0969. The second-order valence-corrected chi connectivity index (χ2v) is 5.86. The molecule has 2 aromatic rings. The minimum Gasteiger partial charge on any atom is -0.351 e. The fourth-order valence-corrected chi connectivity index (χ4v) is 2.20. The van der Waals surface area contributed by atoms with E-state index in [-0.39, 0.29) is 5.91 Å². The van der Waals surface area contributed by atoms with E-state index >= 15 is 0 Å². The molecule has 1 amide bonds. The molecule has 0 saturated heterocycles. The second-order valence-electron chi connectivity index (χ2n) is 5.86. The quantitative estimate of drug-likeness (QED) is 0.807. The van der Waals surface area contributed by atoms with Gasteiger partial charge in [0, 0.05) is 6.54 Å². The van der Waals surface area contributed by atoms with E-state index in [4.69, 9.17) is 5.73 Å². The van der Waals surface area contributed by atoms with Gasteiger partial charge in [-0.25, -0.2) is 9.67 Å². The lowest BCUT2D eigenvalue weighted by Crippen LogP contribution is -2.41. The van der Waals surface area contributed by atoms with E-state index in [1.54, 1.807) is 11.0 Å². The molecule has 0 saturated carbocycles. The van der Waals surface area contributed by atoms with Crippen LogP contribution in [0.15, 0.2) is 36.9 Å². The van der Waals surface area contributed by atoms with Crippen LogP contribution in [-0.4, -0.2) is 26.7 Å². The first kappa shape index (κ1) is 16.2. The number of nitrogens with one attached hydrogen (secondary N) is 1. The summed E-state index contributed by atoms with van der Waals surface area (Å²) in [5.74, 6) is 0.317. The highest BCUT2D eigenvalue weighted by atomic mass is 16.2. The van der Waals surface area contributed by atoms with Crippen molar-refractivity contribution >= 4 is 5.91 Å². The molecule has 1 aromatic carbocycles. The summed E-state index contributed by atoms with van der Waals surface area (Å²) in [6.45, 7) is 5.29. The third kappa shape index (κ3) is 4.96. The molecule has 0 spiro atoms. The van der Waals surface area contributed by atoms with Crippen molar-refractivity contribution in [3.8, 4) is 0 Å². The molecule has 0 radical (unpaired) electrons. The molecule has 1 aromatic heterocycles. The van der Waals surface area contributed by atoms with Gasteiger partial charge in [-0.2, -0.15) is 5.10 Å². The maximum atomic E-state index is 11.9. The van der Waals surface area contributed by atoms with E-state index in [9.17, 15) is 4.79 Å². The van der Waals surface area contributed by atoms with Gasteiger partial charge in [0.05, 0.1) is 12.6 Å². The van der Waals surface area contributed by atoms with Crippen LogP contribution in [0.2, 0.25) is 0 Å². The summed E-state index contributed by atoms with van der Waals surface area (Å²) in [5.41, 5.74) is 8.04. The zero-order chi connectivity index (χ0) is 15.9. The van der Waals surface area contributed by atoms with E-state index in [1.165, 1.54) is 6.33 Å². The van der Waals surface area contributed by atoms with Crippen molar-refractivity contribution in [2.45, 2.75) is 39.4 Å². The Morgan fingerprint density at radius 3 is 2.55 bits per heavy atom. The van der Waals surface area contributed by atoms with Crippen molar-refractivity contribution < 1.29 is 4.79 Å².